The van der Waals surface area contributed by atoms with Crippen molar-refractivity contribution < 1.29 is 0 Å². The lowest BCUT2D eigenvalue weighted by atomic mass is 10.0. The lowest BCUT2D eigenvalue weighted by Crippen LogP contribution is -2.47. The highest BCUT2D eigenvalue weighted by Crippen LogP contribution is 2.16. The maximum absolute atomic E-state index is 11.7. The second kappa shape index (κ2) is 6.70. The zero-order chi connectivity index (χ0) is 14.5. The summed E-state index contributed by atoms with van der Waals surface area (Å²) in [4.78, 5) is 14.1. The molecule has 0 amide bonds. The molecule has 1 aromatic heterocycles. The van der Waals surface area contributed by atoms with Crippen LogP contribution in [-0.4, -0.2) is 35.6 Å². The van der Waals surface area contributed by atoms with Gasteiger partial charge in [0.05, 0.1) is 0 Å². The van der Waals surface area contributed by atoms with E-state index >= 15 is 0 Å². The van der Waals surface area contributed by atoms with Crippen molar-refractivity contribution in [3.63, 3.8) is 0 Å². The molecule has 0 bridgehead atoms. The molecule has 0 aliphatic carbocycles. The smallest absolute Gasteiger partial charge is 0.250 e. The van der Waals surface area contributed by atoms with Gasteiger partial charge in [0.15, 0.2) is 0 Å². The molecule has 1 saturated heterocycles. The van der Waals surface area contributed by atoms with Gasteiger partial charge in [0, 0.05) is 51.0 Å². The first kappa shape index (κ1) is 14.0. The molecule has 1 fully saturated rings. The van der Waals surface area contributed by atoms with E-state index in [2.05, 4.69) is 34.5 Å². The average molecular weight is 283 g/mol. The van der Waals surface area contributed by atoms with Crippen LogP contribution < -0.4 is 10.9 Å². The van der Waals surface area contributed by atoms with Crippen LogP contribution in [-0.2, 0) is 6.54 Å². The summed E-state index contributed by atoms with van der Waals surface area (Å²) in [5.41, 5.74) is 1.41. The van der Waals surface area contributed by atoms with Gasteiger partial charge in [0.2, 0.25) is 0 Å². The fraction of sp³-hybridized carbons (Fsp3) is 0.353. The van der Waals surface area contributed by atoms with E-state index in [0.717, 1.165) is 32.7 Å². The van der Waals surface area contributed by atoms with Gasteiger partial charge in [-0.15, -0.1) is 0 Å². The first-order valence-corrected chi connectivity index (χ1v) is 7.49. The first-order valence-electron chi connectivity index (χ1n) is 7.49. The second-order valence-electron chi connectivity index (χ2n) is 5.45. The molecule has 1 aromatic carbocycles. The third kappa shape index (κ3) is 3.60. The predicted octanol–water partition coefficient (Wildman–Crippen LogP) is 1.49. The topological polar surface area (TPSA) is 37.3 Å². The zero-order valence-electron chi connectivity index (χ0n) is 12.1. The highest BCUT2D eigenvalue weighted by molar-refractivity contribution is 5.19. The van der Waals surface area contributed by atoms with Gasteiger partial charge in [0.1, 0.15) is 0 Å². The van der Waals surface area contributed by atoms with Crippen molar-refractivity contribution in [3.8, 4) is 0 Å². The Hall–Kier alpha value is -1.91. The third-order valence-electron chi connectivity index (χ3n) is 4.02. The second-order valence-corrected chi connectivity index (χ2v) is 5.45. The Kier molecular flexibility index (Phi) is 4.48. The molecule has 2 aromatic rings. The molecule has 1 aliphatic rings. The van der Waals surface area contributed by atoms with Crippen molar-refractivity contribution in [3.05, 3.63) is 70.6 Å². The number of benzene rings is 1. The van der Waals surface area contributed by atoms with Gasteiger partial charge < -0.3 is 9.88 Å². The minimum absolute atomic E-state index is 0.0762. The molecule has 21 heavy (non-hydrogen) atoms. The van der Waals surface area contributed by atoms with Crippen LogP contribution in [0.5, 0.6) is 0 Å². The Balaban J connectivity index is 1.59. The average Bonchev–Trinajstić information content (AvgIpc) is 2.55. The van der Waals surface area contributed by atoms with Gasteiger partial charge >= 0.3 is 0 Å². The summed E-state index contributed by atoms with van der Waals surface area (Å²) in [6, 6.07) is 16.2. The maximum atomic E-state index is 11.7. The molecule has 3 rings (SSSR count). The SMILES string of the molecule is O=c1ccccn1CCN1CCNC(c2ccccc2)C1. The summed E-state index contributed by atoms with van der Waals surface area (Å²) in [6.07, 6.45) is 1.86. The van der Waals surface area contributed by atoms with Gasteiger partial charge in [-0.1, -0.05) is 36.4 Å². The summed E-state index contributed by atoms with van der Waals surface area (Å²) in [6.45, 7) is 4.68. The molecule has 4 nitrogen and oxygen atoms in total. The molecule has 2 heterocycles. The van der Waals surface area contributed by atoms with E-state index in [1.807, 2.05) is 18.3 Å². The van der Waals surface area contributed by atoms with E-state index in [-0.39, 0.29) is 5.56 Å². The third-order valence-corrected chi connectivity index (χ3v) is 4.02. The van der Waals surface area contributed by atoms with Crippen LogP contribution >= 0.6 is 0 Å². The maximum Gasteiger partial charge on any atom is 0.250 e. The standard InChI is InChI=1S/C17H21N3O/c21-17-8-4-5-10-20(17)13-12-19-11-9-18-16(14-19)15-6-2-1-3-7-15/h1-8,10,16,18H,9,11-14H2. The van der Waals surface area contributed by atoms with Gasteiger partial charge in [-0.25, -0.2) is 0 Å². The highest BCUT2D eigenvalue weighted by Gasteiger charge is 2.20. The number of piperazine rings is 1. The molecule has 1 unspecified atom stereocenters. The molecule has 1 atom stereocenters. The molecule has 0 saturated carbocycles. The fourth-order valence-electron chi connectivity index (χ4n) is 2.82. The van der Waals surface area contributed by atoms with E-state index in [4.69, 9.17) is 0 Å². The summed E-state index contributed by atoms with van der Waals surface area (Å²) in [5.74, 6) is 0. The van der Waals surface area contributed by atoms with Crippen LogP contribution in [0.4, 0.5) is 0 Å². The summed E-state index contributed by atoms with van der Waals surface area (Å²) in [7, 11) is 0. The first-order chi connectivity index (χ1) is 10.3. The Morgan fingerprint density at radius 3 is 2.67 bits per heavy atom. The largest absolute Gasteiger partial charge is 0.314 e. The highest BCUT2D eigenvalue weighted by atomic mass is 16.1. The number of hydrogen-bond acceptors (Lipinski definition) is 3. The van der Waals surface area contributed by atoms with Crippen molar-refractivity contribution >= 4 is 0 Å². The monoisotopic (exact) mass is 283 g/mol. The Morgan fingerprint density at radius 2 is 1.86 bits per heavy atom. The number of nitrogens with one attached hydrogen (secondary N) is 1. The van der Waals surface area contributed by atoms with E-state index in [0.29, 0.717) is 6.04 Å². The van der Waals surface area contributed by atoms with Gasteiger partial charge in [0.25, 0.3) is 5.56 Å². The molecule has 1 N–H and O–H groups in total. The number of hydrogen-bond donors (Lipinski definition) is 1. The quantitative estimate of drug-likeness (QED) is 0.924. The molecule has 110 valence electrons. The molecule has 1 aliphatic heterocycles. The lowest BCUT2D eigenvalue weighted by Gasteiger charge is -2.34. The van der Waals surface area contributed by atoms with Crippen molar-refractivity contribution in [2.75, 3.05) is 26.2 Å². The van der Waals surface area contributed by atoms with E-state index < -0.39 is 0 Å². The van der Waals surface area contributed by atoms with Crippen LogP contribution in [0.3, 0.4) is 0 Å². The van der Waals surface area contributed by atoms with Gasteiger partial charge in [-0.2, -0.15) is 0 Å². The van der Waals surface area contributed by atoms with Crippen molar-refractivity contribution in [2.24, 2.45) is 0 Å². The Bertz CT molecular complexity index is 623. The van der Waals surface area contributed by atoms with E-state index in [1.54, 1.807) is 16.7 Å². The summed E-state index contributed by atoms with van der Waals surface area (Å²) >= 11 is 0. The fourth-order valence-corrected chi connectivity index (χ4v) is 2.82. The van der Waals surface area contributed by atoms with Gasteiger partial charge in [-0.05, 0) is 11.6 Å². The van der Waals surface area contributed by atoms with Crippen LogP contribution in [0, 0.1) is 0 Å². The van der Waals surface area contributed by atoms with Crippen molar-refractivity contribution in [2.45, 2.75) is 12.6 Å². The summed E-state index contributed by atoms with van der Waals surface area (Å²) < 4.78 is 1.78. The number of aromatic nitrogens is 1. The molecular weight excluding hydrogens is 262 g/mol. The Labute approximate surface area is 125 Å². The normalized spacial score (nSPS) is 19.5. The van der Waals surface area contributed by atoms with Crippen LogP contribution in [0.15, 0.2) is 59.5 Å². The lowest BCUT2D eigenvalue weighted by molar-refractivity contribution is 0.193. The molecule has 4 heteroatoms. The van der Waals surface area contributed by atoms with Crippen LogP contribution in [0.25, 0.3) is 0 Å². The minimum atomic E-state index is 0.0762. The van der Waals surface area contributed by atoms with Crippen molar-refractivity contribution in [1.29, 1.82) is 0 Å². The van der Waals surface area contributed by atoms with Crippen LogP contribution in [0.2, 0.25) is 0 Å². The van der Waals surface area contributed by atoms with Gasteiger partial charge in [-0.3, -0.25) is 9.69 Å². The molecule has 0 spiro atoms. The number of rotatable bonds is 4. The minimum Gasteiger partial charge on any atom is -0.314 e. The molecule has 0 radical (unpaired) electrons. The van der Waals surface area contributed by atoms with E-state index in [1.165, 1.54) is 5.56 Å². The predicted molar refractivity (Wildman–Crippen MR) is 84.3 cm³/mol. The number of pyridine rings is 1. The molecular formula is C17H21N3O. The summed E-state index contributed by atoms with van der Waals surface area (Å²) in [5, 5.41) is 3.56. The van der Waals surface area contributed by atoms with Crippen molar-refractivity contribution in [1.82, 2.24) is 14.8 Å². The zero-order valence-corrected chi connectivity index (χ0v) is 12.1. The van der Waals surface area contributed by atoms with E-state index in [9.17, 15) is 4.79 Å². The number of nitrogens with zero attached hydrogens (tertiary/aromatic N) is 2. The van der Waals surface area contributed by atoms with Crippen LogP contribution in [0.1, 0.15) is 11.6 Å². The Morgan fingerprint density at radius 1 is 1.05 bits per heavy atom.